The number of nitrogens with one attached hydrogen (secondary N) is 4. The molecule has 3 amide bonds. The minimum atomic E-state index is -1.18. The molecule has 40 heavy (non-hydrogen) atoms. The van der Waals surface area contributed by atoms with Gasteiger partial charge < -0.3 is 43.2 Å². The van der Waals surface area contributed by atoms with E-state index < -0.39 is 47.9 Å². The normalized spacial score (nSPS) is 14.0. The van der Waals surface area contributed by atoms with Crippen LogP contribution >= 0.6 is 0 Å². The topological polar surface area (TPSA) is 231 Å². The molecule has 0 aliphatic rings. The molecule has 0 saturated heterocycles. The van der Waals surface area contributed by atoms with E-state index in [4.69, 9.17) is 17.2 Å². The third-order valence-corrected chi connectivity index (χ3v) is 6.40. The number of nitrogens with two attached hydrogens (primary N) is 3. The number of H-pyrrole nitrogens is 1. The van der Waals surface area contributed by atoms with E-state index in [2.05, 4.69) is 25.9 Å². The van der Waals surface area contributed by atoms with Crippen LogP contribution in [0.2, 0.25) is 0 Å². The molecule has 0 spiro atoms. The SMILES string of the molecule is NCCCCC(N)C(=O)NC(Cc1cnc[nH]1)C(=O)NC(Cc1ccccc1)C(=O)NC(CCCCN)C(=O)O. The van der Waals surface area contributed by atoms with Crippen molar-refractivity contribution < 1.29 is 24.3 Å². The van der Waals surface area contributed by atoms with Crippen molar-refractivity contribution in [2.45, 2.75) is 75.5 Å². The number of rotatable bonds is 19. The van der Waals surface area contributed by atoms with E-state index in [9.17, 15) is 24.3 Å². The van der Waals surface area contributed by atoms with E-state index in [0.717, 1.165) is 12.0 Å². The fourth-order valence-electron chi connectivity index (χ4n) is 4.10. The van der Waals surface area contributed by atoms with Crippen LogP contribution in [0.15, 0.2) is 42.9 Å². The molecule has 11 N–H and O–H groups in total. The zero-order valence-corrected chi connectivity index (χ0v) is 22.7. The molecule has 220 valence electrons. The number of imidazole rings is 1. The molecule has 0 radical (unpaired) electrons. The Labute approximate surface area is 234 Å². The summed E-state index contributed by atoms with van der Waals surface area (Å²) in [6.45, 7) is 0.896. The van der Waals surface area contributed by atoms with Gasteiger partial charge >= 0.3 is 5.97 Å². The molecule has 0 fully saturated rings. The minimum Gasteiger partial charge on any atom is -0.480 e. The summed E-state index contributed by atoms with van der Waals surface area (Å²) in [5, 5.41) is 17.6. The summed E-state index contributed by atoms with van der Waals surface area (Å²) < 4.78 is 0. The minimum absolute atomic E-state index is 0.0730. The van der Waals surface area contributed by atoms with Gasteiger partial charge in [0, 0.05) is 24.7 Å². The second-order valence-electron chi connectivity index (χ2n) is 9.67. The maximum absolute atomic E-state index is 13.5. The molecular formula is C27H42N8O5. The van der Waals surface area contributed by atoms with E-state index in [1.807, 2.05) is 6.07 Å². The van der Waals surface area contributed by atoms with Gasteiger partial charge in [-0.05, 0) is 50.8 Å². The van der Waals surface area contributed by atoms with Crippen molar-refractivity contribution in [2.75, 3.05) is 13.1 Å². The quantitative estimate of drug-likeness (QED) is 0.102. The first-order chi connectivity index (χ1) is 19.2. The molecule has 2 aromatic rings. The van der Waals surface area contributed by atoms with Crippen LogP contribution in [0.4, 0.5) is 0 Å². The third kappa shape index (κ3) is 11.5. The predicted molar refractivity (Wildman–Crippen MR) is 150 cm³/mol. The molecular weight excluding hydrogens is 516 g/mol. The van der Waals surface area contributed by atoms with Crippen molar-refractivity contribution in [1.29, 1.82) is 0 Å². The average Bonchev–Trinajstić information content (AvgIpc) is 3.45. The Morgan fingerprint density at radius 3 is 1.95 bits per heavy atom. The van der Waals surface area contributed by atoms with Gasteiger partial charge in [-0.25, -0.2) is 9.78 Å². The molecule has 0 saturated carbocycles. The average molecular weight is 559 g/mol. The van der Waals surface area contributed by atoms with Crippen molar-refractivity contribution in [1.82, 2.24) is 25.9 Å². The summed E-state index contributed by atoms with van der Waals surface area (Å²) in [4.78, 5) is 58.3. The molecule has 1 aromatic carbocycles. The molecule has 1 heterocycles. The number of carboxylic acid groups (broad SMARTS) is 1. The van der Waals surface area contributed by atoms with E-state index in [1.54, 1.807) is 24.3 Å². The maximum atomic E-state index is 13.5. The number of unbranched alkanes of at least 4 members (excludes halogenated alkanes) is 2. The number of benzene rings is 1. The molecule has 4 atom stereocenters. The number of carbonyl (C=O) groups excluding carboxylic acids is 3. The second-order valence-corrected chi connectivity index (χ2v) is 9.67. The largest absolute Gasteiger partial charge is 0.480 e. The van der Waals surface area contributed by atoms with E-state index in [0.29, 0.717) is 44.5 Å². The van der Waals surface area contributed by atoms with Crippen LogP contribution in [0.5, 0.6) is 0 Å². The summed E-state index contributed by atoms with van der Waals surface area (Å²) in [6, 6.07) is 4.86. The maximum Gasteiger partial charge on any atom is 0.326 e. The summed E-state index contributed by atoms with van der Waals surface area (Å²) in [7, 11) is 0. The number of amides is 3. The Morgan fingerprint density at radius 2 is 1.38 bits per heavy atom. The number of carboxylic acids is 1. The third-order valence-electron chi connectivity index (χ3n) is 6.40. The zero-order chi connectivity index (χ0) is 29.3. The van der Waals surface area contributed by atoms with Crippen LogP contribution in [0.3, 0.4) is 0 Å². The Bertz CT molecular complexity index is 1050. The van der Waals surface area contributed by atoms with Crippen LogP contribution in [-0.4, -0.2) is 76.0 Å². The molecule has 4 unspecified atom stereocenters. The lowest BCUT2D eigenvalue weighted by Crippen LogP contribution is -2.58. The first-order valence-electron chi connectivity index (χ1n) is 13.6. The van der Waals surface area contributed by atoms with Gasteiger partial charge in [-0.3, -0.25) is 14.4 Å². The summed E-state index contributed by atoms with van der Waals surface area (Å²) in [6.07, 6.45) is 6.29. The van der Waals surface area contributed by atoms with Crippen molar-refractivity contribution in [3.05, 3.63) is 54.1 Å². The van der Waals surface area contributed by atoms with Crippen molar-refractivity contribution in [3.8, 4) is 0 Å². The number of aromatic nitrogens is 2. The van der Waals surface area contributed by atoms with Gasteiger partial charge in [0.25, 0.3) is 0 Å². The Balaban J connectivity index is 2.21. The van der Waals surface area contributed by atoms with Crippen molar-refractivity contribution in [3.63, 3.8) is 0 Å². The highest BCUT2D eigenvalue weighted by Crippen LogP contribution is 2.08. The predicted octanol–water partition coefficient (Wildman–Crippen LogP) is -0.681. The summed E-state index contributed by atoms with van der Waals surface area (Å²) in [5.74, 6) is -2.96. The number of carbonyl (C=O) groups is 4. The van der Waals surface area contributed by atoms with Crippen LogP contribution in [0.1, 0.15) is 49.8 Å². The number of aliphatic carboxylic acids is 1. The standard InChI is InChI=1S/C27H42N8O5/c28-12-6-4-10-20(30)24(36)34-23(15-19-16-31-17-32-19)26(38)35-22(14-18-8-2-1-3-9-18)25(37)33-21(27(39)40)11-5-7-13-29/h1-3,8-9,16-17,20-23H,4-7,10-15,28-30H2,(H,31,32)(H,33,37)(H,34,36)(H,35,38)(H,39,40). The number of aromatic amines is 1. The first-order valence-corrected chi connectivity index (χ1v) is 13.6. The van der Waals surface area contributed by atoms with E-state index in [1.165, 1.54) is 12.5 Å². The van der Waals surface area contributed by atoms with Gasteiger partial charge in [0.15, 0.2) is 0 Å². The lowest BCUT2D eigenvalue weighted by Gasteiger charge is -2.25. The first kappa shape index (κ1) is 32.4. The van der Waals surface area contributed by atoms with Crippen LogP contribution in [0, 0.1) is 0 Å². The monoisotopic (exact) mass is 558 g/mol. The van der Waals surface area contributed by atoms with E-state index in [-0.39, 0.29) is 19.3 Å². The van der Waals surface area contributed by atoms with Gasteiger partial charge in [0.05, 0.1) is 12.4 Å². The fourth-order valence-corrected chi connectivity index (χ4v) is 4.10. The number of nitrogens with zero attached hydrogens (tertiary/aromatic N) is 1. The molecule has 1 aromatic heterocycles. The molecule has 0 aliphatic carbocycles. The smallest absolute Gasteiger partial charge is 0.326 e. The number of hydrogen-bond acceptors (Lipinski definition) is 8. The van der Waals surface area contributed by atoms with Crippen LogP contribution in [-0.2, 0) is 32.0 Å². The van der Waals surface area contributed by atoms with Crippen molar-refractivity contribution >= 4 is 23.7 Å². The Morgan fingerprint density at radius 1 is 0.800 bits per heavy atom. The van der Waals surface area contributed by atoms with Gasteiger partial charge in [0.1, 0.15) is 18.1 Å². The molecule has 13 nitrogen and oxygen atoms in total. The summed E-state index contributed by atoms with van der Waals surface area (Å²) >= 11 is 0. The molecule has 13 heteroatoms. The van der Waals surface area contributed by atoms with E-state index >= 15 is 0 Å². The van der Waals surface area contributed by atoms with Crippen molar-refractivity contribution in [2.24, 2.45) is 17.2 Å². The highest BCUT2D eigenvalue weighted by molar-refractivity contribution is 5.94. The Kier molecular flexibility index (Phi) is 14.3. The second kappa shape index (κ2) is 17.7. The fraction of sp³-hybridized carbons (Fsp3) is 0.519. The van der Waals surface area contributed by atoms with Crippen LogP contribution in [0.25, 0.3) is 0 Å². The molecule has 0 aliphatic heterocycles. The highest BCUT2D eigenvalue weighted by atomic mass is 16.4. The van der Waals surface area contributed by atoms with Gasteiger partial charge in [-0.1, -0.05) is 36.8 Å². The van der Waals surface area contributed by atoms with Gasteiger partial charge in [-0.2, -0.15) is 0 Å². The lowest BCUT2D eigenvalue weighted by molar-refractivity contribution is -0.142. The zero-order valence-electron chi connectivity index (χ0n) is 22.7. The van der Waals surface area contributed by atoms with Gasteiger partial charge in [0.2, 0.25) is 17.7 Å². The van der Waals surface area contributed by atoms with Crippen LogP contribution < -0.4 is 33.2 Å². The number of hydrogen-bond donors (Lipinski definition) is 8. The molecule has 0 bridgehead atoms. The lowest BCUT2D eigenvalue weighted by atomic mass is 10.0. The summed E-state index contributed by atoms with van der Waals surface area (Å²) in [5.41, 5.74) is 18.4. The highest BCUT2D eigenvalue weighted by Gasteiger charge is 2.30. The Hall–Kier alpha value is -3.81. The molecule has 2 rings (SSSR count). The van der Waals surface area contributed by atoms with Gasteiger partial charge in [-0.15, -0.1) is 0 Å².